The number of guanidine groups is 1. The summed E-state index contributed by atoms with van der Waals surface area (Å²) in [6, 6.07) is 11.8. The molecule has 1 unspecified atom stereocenters. The van der Waals surface area contributed by atoms with Crippen molar-refractivity contribution in [2.24, 2.45) is 16.5 Å². The Morgan fingerprint density at radius 2 is 1.58 bits per heavy atom. The molecule has 0 aliphatic heterocycles. The van der Waals surface area contributed by atoms with Crippen LogP contribution in [0.5, 0.6) is 5.75 Å². The molecular weight excluding hydrogens is 602 g/mol. The van der Waals surface area contributed by atoms with Crippen LogP contribution in [-0.2, 0) is 42.8 Å². The third kappa shape index (κ3) is 13.0. The van der Waals surface area contributed by atoms with E-state index in [9.17, 15) is 33.6 Å². The third-order valence-corrected chi connectivity index (χ3v) is 7.81. The van der Waals surface area contributed by atoms with Crippen LogP contribution in [0.3, 0.4) is 0 Å². The van der Waals surface area contributed by atoms with E-state index < -0.39 is 65.1 Å². The summed E-state index contributed by atoms with van der Waals surface area (Å²) < 4.78 is 11.6. The first kappa shape index (κ1) is 36.8. The summed E-state index contributed by atoms with van der Waals surface area (Å²) in [6.45, 7) is 0.584. The first-order valence-corrected chi connectivity index (χ1v) is 16.0. The quantitative estimate of drug-likeness (QED) is 0.0779. The first-order chi connectivity index (χ1) is 21.3. The van der Waals surface area contributed by atoms with Gasteiger partial charge in [0.2, 0.25) is 23.6 Å². The normalized spacial score (nSPS) is 14.3. The summed E-state index contributed by atoms with van der Waals surface area (Å²) in [5, 5.41) is 26.7. The largest absolute Gasteiger partial charge is 0.508 e. The topological polar surface area (TPSA) is 230 Å². The maximum absolute atomic E-state index is 13.3. The van der Waals surface area contributed by atoms with E-state index in [1.54, 1.807) is 30.3 Å². The van der Waals surface area contributed by atoms with Gasteiger partial charge in [0.15, 0.2) is 5.96 Å². The Kier molecular flexibility index (Phi) is 15.1. The first-order valence-electron chi connectivity index (χ1n) is 14.3. The average Bonchev–Trinajstić information content (AvgIpc) is 2.99. The van der Waals surface area contributed by atoms with Gasteiger partial charge in [-0.3, -0.25) is 33.6 Å². The molecule has 9 N–H and O–H groups in total. The van der Waals surface area contributed by atoms with E-state index in [2.05, 4.69) is 20.9 Å². The number of nitrogens with zero attached hydrogens (tertiary/aromatic N) is 2. The van der Waals surface area contributed by atoms with Crippen LogP contribution in [0.4, 0.5) is 0 Å². The van der Waals surface area contributed by atoms with Crippen molar-refractivity contribution in [3.63, 3.8) is 0 Å². The molecule has 246 valence electrons. The maximum atomic E-state index is 13.3. The highest BCUT2D eigenvalue weighted by Crippen LogP contribution is 2.14. The summed E-state index contributed by atoms with van der Waals surface area (Å²) >= 11 is 0. The van der Waals surface area contributed by atoms with Crippen molar-refractivity contribution in [3.8, 4) is 5.75 Å². The Labute approximate surface area is 265 Å². The lowest BCUT2D eigenvalue weighted by molar-refractivity contribution is -0.135. The Balaban J connectivity index is 2.01. The predicted molar refractivity (Wildman–Crippen MR) is 171 cm³/mol. The van der Waals surface area contributed by atoms with Crippen molar-refractivity contribution in [2.45, 2.75) is 50.4 Å². The number of nitrogens with two attached hydrogens (primary N) is 2. The fraction of sp³-hybridized carbons (Fsp3) is 0.433. The molecule has 0 heterocycles. The summed E-state index contributed by atoms with van der Waals surface area (Å²) in [7, 11) is 0.562. The lowest BCUT2D eigenvalue weighted by atomic mass is 10.0. The molecule has 45 heavy (non-hydrogen) atoms. The molecule has 5 atom stereocenters. The van der Waals surface area contributed by atoms with Gasteiger partial charge >= 0.3 is 0 Å². The van der Waals surface area contributed by atoms with Crippen LogP contribution < -0.4 is 27.4 Å². The SMILES string of the molecule is C[C@@H](NC(=O)[C@H](Cc1ccc(O)cc1)N=C(N)N)C(=O)NCC(=O)NC(=O)[C@H](Cc1ccccc1)N(C)[C@H](CO)CCS(C)=O. The molecule has 0 spiro atoms. The fourth-order valence-corrected chi connectivity index (χ4v) is 5.04. The van der Waals surface area contributed by atoms with Crippen LogP contribution in [-0.4, -0.2) is 105 Å². The van der Waals surface area contributed by atoms with Gasteiger partial charge in [-0.25, -0.2) is 4.99 Å². The molecule has 0 aromatic heterocycles. The zero-order valence-corrected chi connectivity index (χ0v) is 26.5. The van der Waals surface area contributed by atoms with E-state index in [0.717, 1.165) is 5.56 Å². The van der Waals surface area contributed by atoms with Gasteiger partial charge in [-0.2, -0.15) is 0 Å². The van der Waals surface area contributed by atoms with E-state index in [0.29, 0.717) is 17.7 Å². The minimum absolute atomic E-state index is 0.0523. The number of carbonyl (C=O) groups is 4. The summed E-state index contributed by atoms with van der Waals surface area (Å²) in [4.78, 5) is 57.1. The fourth-order valence-electron chi connectivity index (χ4n) is 4.43. The lowest BCUT2D eigenvalue weighted by Gasteiger charge is -2.33. The zero-order valence-electron chi connectivity index (χ0n) is 25.6. The number of benzene rings is 2. The molecule has 0 radical (unpaired) electrons. The van der Waals surface area contributed by atoms with E-state index in [4.69, 9.17) is 11.5 Å². The van der Waals surface area contributed by atoms with Gasteiger partial charge in [0.05, 0.1) is 19.2 Å². The second-order valence-electron chi connectivity index (χ2n) is 10.6. The summed E-state index contributed by atoms with van der Waals surface area (Å²) in [5.74, 6) is -2.68. The number of rotatable bonds is 17. The molecule has 0 saturated heterocycles. The minimum atomic E-state index is -1.09. The number of nitrogens with one attached hydrogen (secondary N) is 3. The number of aliphatic imine (C=N–C) groups is 1. The molecule has 0 fully saturated rings. The number of phenols is 1. The molecular formula is C30H43N7O7S. The van der Waals surface area contributed by atoms with Crippen molar-refractivity contribution < 1.29 is 33.6 Å². The molecule has 4 amide bonds. The number of imide groups is 1. The van der Waals surface area contributed by atoms with Gasteiger partial charge in [0.25, 0.3) is 0 Å². The number of hydrogen-bond acceptors (Lipinski definition) is 9. The van der Waals surface area contributed by atoms with Crippen molar-refractivity contribution in [3.05, 3.63) is 65.7 Å². The second-order valence-corrected chi connectivity index (χ2v) is 12.1. The minimum Gasteiger partial charge on any atom is -0.508 e. The number of amides is 4. The van der Waals surface area contributed by atoms with Gasteiger partial charge in [-0.15, -0.1) is 0 Å². The number of aliphatic hydroxyl groups excluding tert-OH is 1. The smallest absolute Gasteiger partial charge is 0.245 e. The monoisotopic (exact) mass is 645 g/mol. The summed E-state index contributed by atoms with van der Waals surface area (Å²) in [6.07, 6.45) is 2.26. The van der Waals surface area contributed by atoms with Crippen LogP contribution in [0.1, 0.15) is 24.5 Å². The Morgan fingerprint density at radius 1 is 0.956 bits per heavy atom. The molecule has 0 aliphatic carbocycles. The molecule has 2 aromatic carbocycles. The van der Waals surface area contributed by atoms with Gasteiger partial charge in [-0.1, -0.05) is 42.5 Å². The van der Waals surface area contributed by atoms with Crippen LogP contribution in [0.25, 0.3) is 0 Å². The Morgan fingerprint density at radius 3 is 2.16 bits per heavy atom. The van der Waals surface area contributed by atoms with Gasteiger partial charge < -0.3 is 32.3 Å². The molecule has 2 aromatic rings. The number of aromatic hydroxyl groups is 1. The highest BCUT2D eigenvalue weighted by atomic mass is 32.2. The van der Waals surface area contributed by atoms with Crippen LogP contribution in [0.15, 0.2) is 59.6 Å². The van der Waals surface area contributed by atoms with Crippen molar-refractivity contribution in [2.75, 3.05) is 32.2 Å². The maximum Gasteiger partial charge on any atom is 0.245 e. The van der Waals surface area contributed by atoms with Gasteiger partial charge in [-0.05, 0) is 50.1 Å². The van der Waals surface area contributed by atoms with Crippen LogP contribution in [0.2, 0.25) is 0 Å². The predicted octanol–water partition coefficient (Wildman–Crippen LogP) is -1.49. The number of carbonyl (C=O) groups excluding carboxylic acids is 4. The van der Waals surface area contributed by atoms with E-state index in [1.165, 1.54) is 19.1 Å². The highest BCUT2D eigenvalue weighted by Gasteiger charge is 2.30. The molecule has 0 aliphatic rings. The van der Waals surface area contributed by atoms with Crippen LogP contribution in [0, 0.1) is 0 Å². The number of likely N-dealkylation sites (N-methyl/N-ethyl adjacent to an activating group) is 1. The third-order valence-electron chi connectivity index (χ3n) is 7.00. The molecule has 0 bridgehead atoms. The van der Waals surface area contributed by atoms with Crippen molar-refractivity contribution in [1.82, 2.24) is 20.9 Å². The average molecular weight is 646 g/mol. The number of phenolic OH excluding ortho intramolecular Hbond substituents is 1. The lowest BCUT2D eigenvalue weighted by Crippen LogP contribution is -2.54. The number of aliphatic hydroxyl groups is 1. The van der Waals surface area contributed by atoms with E-state index in [-0.39, 0.29) is 31.2 Å². The molecule has 0 saturated carbocycles. The van der Waals surface area contributed by atoms with Crippen LogP contribution >= 0.6 is 0 Å². The molecule has 2 rings (SSSR count). The Hall–Kier alpha value is -4.34. The second kappa shape index (κ2) is 18.5. The zero-order chi connectivity index (χ0) is 33.5. The number of hydrogen-bond donors (Lipinski definition) is 7. The van der Waals surface area contributed by atoms with E-state index in [1.807, 2.05) is 30.3 Å². The van der Waals surface area contributed by atoms with Gasteiger partial charge in [0.1, 0.15) is 17.8 Å². The highest BCUT2D eigenvalue weighted by molar-refractivity contribution is 7.84. The molecule has 15 heteroatoms. The van der Waals surface area contributed by atoms with Crippen molar-refractivity contribution in [1.29, 1.82) is 0 Å². The molecule has 14 nitrogen and oxygen atoms in total. The summed E-state index contributed by atoms with van der Waals surface area (Å²) in [5.41, 5.74) is 12.5. The van der Waals surface area contributed by atoms with Crippen molar-refractivity contribution >= 4 is 40.4 Å². The Bertz CT molecular complexity index is 1340. The standard InChI is InChI=1S/C30H43N7O7S/c1-19(34-28(42)24(35-30(31)32)15-21-9-11-23(39)12-10-21)27(41)33-17-26(40)36-29(43)25(16-20-7-5-4-6-8-20)37(2)22(18-38)13-14-45(3)44/h4-12,19,22,24-25,38-39H,13-18H2,1-3H3,(H,33,41)(H,34,42)(H4,31,32,35)(H,36,40,43)/t19-,22+,24+,25+,45?/m1/s1. The van der Waals surface area contributed by atoms with E-state index >= 15 is 0 Å². The van der Waals surface area contributed by atoms with Gasteiger partial charge in [0, 0.05) is 35.3 Å².